The maximum atomic E-state index is 12.2. The summed E-state index contributed by atoms with van der Waals surface area (Å²) >= 11 is 1.67. The third kappa shape index (κ3) is 4.38. The monoisotopic (exact) mass is 349 g/mol. The Morgan fingerprint density at radius 2 is 1.79 bits per heavy atom. The molecule has 2 rings (SSSR count). The van der Waals surface area contributed by atoms with Gasteiger partial charge in [-0.2, -0.15) is 11.8 Å². The quantitative estimate of drug-likeness (QED) is 0.389. The average Bonchev–Trinajstić information content (AvgIpc) is 2.84. The molecule has 1 aliphatic rings. The van der Waals surface area contributed by atoms with Crippen LogP contribution < -0.4 is 0 Å². The molecule has 0 bridgehead atoms. The van der Waals surface area contributed by atoms with E-state index in [2.05, 4.69) is 6.92 Å². The van der Waals surface area contributed by atoms with Gasteiger partial charge in [0.1, 0.15) is 0 Å². The minimum Gasteiger partial charge on any atom is -0.466 e. The van der Waals surface area contributed by atoms with E-state index in [9.17, 15) is 14.4 Å². The second-order valence-corrected chi connectivity index (χ2v) is 6.84. The molecule has 2 amide bonds. The third-order valence-corrected chi connectivity index (χ3v) is 5.27. The number of benzene rings is 1. The van der Waals surface area contributed by atoms with E-state index in [0.717, 1.165) is 6.42 Å². The second kappa shape index (κ2) is 8.87. The summed E-state index contributed by atoms with van der Waals surface area (Å²) in [6.07, 6.45) is 4.61. The fraction of sp³-hybridized carbons (Fsp3) is 0.500. The minimum atomic E-state index is -0.238. The summed E-state index contributed by atoms with van der Waals surface area (Å²) in [5, 5.41) is 0.302. The molecule has 0 radical (unpaired) electrons. The number of hydrogen-bond donors (Lipinski definition) is 0. The first kappa shape index (κ1) is 18.5. The molecular formula is C18H23NO4S. The van der Waals surface area contributed by atoms with Crippen LogP contribution in [0.25, 0.3) is 0 Å². The molecule has 6 heteroatoms. The molecule has 0 aromatic heterocycles. The Morgan fingerprint density at radius 1 is 1.17 bits per heavy atom. The minimum absolute atomic E-state index is 0.183. The van der Waals surface area contributed by atoms with Crippen LogP contribution in [-0.4, -0.2) is 47.3 Å². The highest BCUT2D eigenvalue weighted by atomic mass is 32.2. The van der Waals surface area contributed by atoms with Crippen molar-refractivity contribution in [1.82, 2.24) is 4.90 Å². The van der Waals surface area contributed by atoms with Crippen molar-refractivity contribution >= 4 is 29.5 Å². The zero-order valence-electron chi connectivity index (χ0n) is 14.1. The van der Waals surface area contributed by atoms with Crippen molar-refractivity contribution in [1.29, 1.82) is 0 Å². The van der Waals surface area contributed by atoms with E-state index in [4.69, 9.17) is 4.74 Å². The molecule has 5 nitrogen and oxygen atoms in total. The van der Waals surface area contributed by atoms with Crippen LogP contribution in [0.2, 0.25) is 0 Å². The molecular weight excluding hydrogens is 326 g/mol. The topological polar surface area (TPSA) is 63.7 Å². The van der Waals surface area contributed by atoms with Crippen LogP contribution in [0, 0.1) is 0 Å². The van der Waals surface area contributed by atoms with Gasteiger partial charge in [0.2, 0.25) is 0 Å². The number of carbonyl (C=O) groups is 3. The number of nitrogens with zero attached hydrogens (tertiary/aromatic N) is 1. The van der Waals surface area contributed by atoms with E-state index in [1.165, 1.54) is 4.90 Å². The summed E-state index contributed by atoms with van der Waals surface area (Å²) in [6, 6.07) is 6.86. The molecule has 0 saturated carbocycles. The Kier molecular flexibility index (Phi) is 6.85. The van der Waals surface area contributed by atoms with Gasteiger partial charge in [-0.05, 0) is 37.7 Å². The van der Waals surface area contributed by atoms with Crippen molar-refractivity contribution in [3.05, 3.63) is 35.4 Å². The number of carbonyl (C=O) groups excluding carboxylic acids is 3. The lowest BCUT2D eigenvalue weighted by Crippen LogP contribution is -2.30. The molecule has 0 N–H and O–H groups in total. The molecule has 130 valence electrons. The lowest BCUT2D eigenvalue weighted by atomic mass is 10.1. The molecule has 0 unspecified atom stereocenters. The number of fused-ring (bicyclic) bond motifs is 1. The molecule has 1 heterocycles. The normalized spacial score (nSPS) is 14.7. The highest BCUT2D eigenvalue weighted by molar-refractivity contribution is 7.99. The predicted octanol–water partition coefficient (Wildman–Crippen LogP) is 3.14. The van der Waals surface area contributed by atoms with E-state index < -0.39 is 0 Å². The smallest absolute Gasteiger partial charge is 0.306 e. The van der Waals surface area contributed by atoms with Gasteiger partial charge in [0.25, 0.3) is 11.8 Å². The van der Waals surface area contributed by atoms with Gasteiger partial charge in [0, 0.05) is 11.8 Å². The Morgan fingerprint density at radius 3 is 2.33 bits per heavy atom. The molecule has 0 aliphatic carbocycles. The maximum absolute atomic E-state index is 12.2. The number of unbranched alkanes of at least 4 members (excludes halogenated alkanes) is 1. The first-order valence-corrected chi connectivity index (χ1v) is 9.50. The maximum Gasteiger partial charge on any atom is 0.306 e. The van der Waals surface area contributed by atoms with Gasteiger partial charge >= 0.3 is 5.97 Å². The van der Waals surface area contributed by atoms with Crippen LogP contribution in [-0.2, 0) is 9.53 Å². The fourth-order valence-electron chi connectivity index (χ4n) is 2.64. The predicted molar refractivity (Wildman–Crippen MR) is 94.2 cm³/mol. The van der Waals surface area contributed by atoms with E-state index in [1.54, 1.807) is 36.0 Å². The van der Waals surface area contributed by atoms with Gasteiger partial charge in [-0.1, -0.05) is 19.1 Å². The summed E-state index contributed by atoms with van der Waals surface area (Å²) in [5.41, 5.74) is 0.938. The SMILES string of the molecule is CC[C@@H](CC(=O)OCCCCN1C(=O)c2ccccc2C1=O)SC. The number of rotatable bonds is 9. The largest absolute Gasteiger partial charge is 0.466 e. The van der Waals surface area contributed by atoms with Crippen molar-refractivity contribution < 1.29 is 19.1 Å². The first-order chi connectivity index (χ1) is 11.6. The lowest BCUT2D eigenvalue weighted by Gasteiger charge is -2.14. The fourth-order valence-corrected chi connectivity index (χ4v) is 3.28. The number of thioether (sulfide) groups is 1. The molecule has 0 saturated heterocycles. The van der Waals surface area contributed by atoms with Crippen molar-refractivity contribution in [3.63, 3.8) is 0 Å². The van der Waals surface area contributed by atoms with Crippen molar-refractivity contribution in [2.45, 2.75) is 37.9 Å². The zero-order chi connectivity index (χ0) is 17.5. The number of amides is 2. The summed E-state index contributed by atoms with van der Waals surface area (Å²) in [4.78, 5) is 37.3. The Balaban J connectivity index is 1.70. The number of imide groups is 1. The Bertz CT molecular complexity index is 578. The summed E-state index contributed by atoms with van der Waals surface area (Å²) in [6.45, 7) is 2.73. The van der Waals surface area contributed by atoms with Crippen molar-refractivity contribution in [3.8, 4) is 0 Å². The third-order valence-electron chi connectivity index (χ3n) is 4.10. The summed E-state index contributed by atoms with van der Waals surface area (Å²) in [7, 11) is 0. The van der Waals surface area contributed by atoms with Gasteiger partial charge in [0.05, 0.1) is 24.2 Å². The van der Waals surface area contributed by atoms with Crippen LogP contribution >= 0.6 is 11.8 Å². The Hall–Kier alpha value is -1.82. The van der Waals surface area contributed by atoms with Crippen LogP contribution in [0.3, 0.4) is 0 Å². The molecule has 1 aromatic rings. The lowest BCUT2D eigenvalue weighted by molar-refractivity contribution is -0.143. The first-order valence-electron chi connectivity index (χ1n) is 8.22. The summed E-state index contributed by atoms with van der Waals surface area (Å²) in [5.74, 6) is -0.659. The van der Waals surface area contributed by atoms with E-state index in [0.29, 0.717) is 48.8 Å². The van der Waals surface area contributed by atoms with Crippen LogP contribution in [0.15, 0.2) is 24.3 Å². The molecule has 1 atom stereocenters. The Labute approximate surface area is 146 Å². The zero-order valence-corrected chi connectivity index (χ0v) is 14.9. The summed E-state index contributed by atoms with van der Waals surface area (Å²) < 4.78 is 5.22. The van der Waals surface area contributed by atoms with Crippen LogP contribution in [0.1, 0.15) is 53.3 Å². The number of esters is 1. The highest BCUT2D eigenvalue weighted by Crippen LogP contribution is 2.22. The van der Waals surface area contributed by atoms with Crippen LogP contribution in [0.5, 0.6) is 0 Å². The van der Waals surface area contributed by atoms with Gasteiger partial charge < -0.3 is 4.74 Å². The molecule has 1 aromatic carbocycles. The molecule has 24 heavy (non-hydrogen) atoms. The molecule has 1 aliphatic heterocycles. The van der Waals surface area contributed by atoms with Gasteiger partial charge in [0.15, 0.2) is 0 Å². The molecule has 0 fully saturated rings. The second-order valence-electron chi connectivity index (χ2n) is 5.71. The number of ether oxygens (including phenoxy) is 1. The average molecular weight is 349 g/mol. The standard InChI is InChI=1S/C18H23NO4S/c1-3-13(24-2)12-16(20)23-11-7-6-10-19-17(21)14-8-4-5-9-15(14)18(19)22/h4-5,8-9,13H,3,6-7,10-12H2,1-2H3/t13-/m0/s1. The van der Waals surface area contributed by atoms with E-state index in [-0.39, 0.29) is 17.8 Å². The van der Waals surface area contributed by atoms with E-state index in [1.807, 2.05) is 6.26 Å². The van der Waals surface area contributed by atoms with Crippen LogP contribution in [0.4, 0.5) is 0 Å². The molecule has 0 spiro atoms. The van der Waals surface area contributed by atoms with Gasteiger partial charge in [-0.3, -0.25) is 19.3 Å². The van der Waals surface area contributed by atoms with E-state index >= 15 is 0 Å². The van der Waals surface area contributed by atoms with Gasteiger partial charge in [-0.15, -0.1) is 0 Å². The van der Waals surface area contributed by atoms with Gasteiger partial charge in [-0.25, -0.2) is 0 Å². The van der Waals surface area contributed by atoms with Crippen molar-refractivity contribution in [2.24, 2.45) is 0 Å². The number of hydrogen-bond acceptors (Lipinski definition) is 5. The van der Waals surface area contributed by atoms with Crippen molar-refractivity contribution in [2.75, 3.05) is 19.4 Å². The highest BCUT2D eigenvalue weighted by Gasteiger charge is 2.34.